The van der Waals surface area contributed by atoms with E-state index in [9.17, 15) is 0 Å². The molecule has 0 N–H and O–H groups in total. The molecule has 2 aliphatic rings. The Morgan fingerprint density at radius 1 is 1.35 bits per heavy atom. The van der Waals surface area contributed by atoms with E-state index in [0.29, 0.717) is 19.3 Å². The van der Waals surface area contributed by atoms with Gasteiger partial charge in [0.25, 0.3) is 0 Å². The molecule has 0 radical (unpaired) electrons. The maximum Gasteiger partial charge on any atom is 0.208 e. The molecule has 0 aromatic carbocycles. The van der Waals surface area contributed by atoms with Gasteiger partial charge in [-0.25, -0.2) is 0 Å². The summed E-state index contributed by atoms with van der Waals surface area (Å²) in [5.41, 5.74) is 0.961. The van der Waals surface area contributed by atoms with Crippen LogP contribution in [0.1, 0.15) is 23.5 Å². The molecule has 1 aliphatic carbocycles. The molecule has 1 aliphatic heterocycles. The molecule has 1 saturated heterocycles. The SMILES string of the molecule is Cc1nnc(N2CCO[C@H]3[C@H](OCc4ccccn4)CC[C@@H]32)s1. The first-order valence-corrected chi connectivity index (χ1v) is 8.83. The maximum absolute atomic E-state index is 6.10. The van der Waals surface area contributed by atoms with Crippen molar-refractivity contribution in [2.75, 3.05) is 18.1 Å². The number of ether oxygens (including phenoxy) is 2. The minimum atomic E-state index is 0.108. The number of aromatic nitrogens is 3. The van der Waals surface area contributed by atoms with Crippen LogP contribution in [0.2, 0.25) is 0 Å². The van der Waals surface area contributed by atoms with Crippen molar-refractivity contribution in [1.82, 2.24) is 15.2 Å². The molecule has 2 fully saturated rings. The first-order valence-electron chi connectivity index (χ1n) is 8.01. The van der Waals surface area contributed by atoms with Gasteiger partial charge in [0.1, 0.15) is 11.1 Å². The first-order chi connectivity index (χ1) is 11.3. The molecule has 4 rings (SSSR count). The van der Waals surface area contributed by atoms with E-state index in [1.54, 1.807) is 17.5 Å². The van der Waals surface area contributed by atoms with E-state index in [1.165, 1.54) is 0 Å². The summed E-state index contributed by atoms with van der Waals surface area (Å²) < 4.78 is 12.1. The lowest BCUT2D eigenvalue weighted by Crippen LogP contribution is -2.51. The summed E-state index contributed by atoms with van der Waals surface area (Å²) in [6.07, 6.45) is 4.11. The van der Waals surface area contributed by atoms with E-state index in [0.717, 1.165) is 35.2 Å². The molecule has 1 saturated carbocycles. The van der Waals surface area contributed by atoms with Crippen molar-refractivity contribution < 1.29 is 9.47 Å². The van der Waals surface area contributed by atoms with Crippen LogP contribution in [0.15, 0.2) is 24.4 Å². The third-order valence-corrected chi connectivity index (χ3v) is 5.34. The number of nitrogens with zero attached hydrogens (tertiary/aromatic N) is 4. The van der Waals surface area contributed by atoms with Crippen LogP contribution in [-0.2, 0) is 16.1 Å². The summed E-state index contributed by atoms with van der Waals surface area (Å²) in [7, 11) is 0. The Hall–Kier alpha value is -1.57. The Morgan fingerprint density at radius 2 is 2.30 bits per heavy atom. The molecule has 2 aromatic heterocycles. The zero-order chi connectivity index (χ0) is 15.6. The second-order valence-electron chi connectivity index (χ2n) is 5.95. The van der Waals surface area contributed by atoms with Crippen molar-refractivity contribution in [3.05, 3.63) is 35.1 Å². The molecule has 0 unspecified atom stereocenters. The second kappa shape index (κ2) is 6.51. The van der Waals surface area contributed by atoms with Crippen molar-refractivity contribution in [2.45, 2.75) is 44.6 Å². The van der Waals surface area contributed by atoms with Gasteiger partial charge in [-0.1, -0.05) is 17.4 Å². The Labute approximate surface area is 139 Å². The van der Waals surface area contributed by atoms with Gasteiger partial charge < -0.3 is 14.4 Å². The van der Waals surface area contributed by atoms with Gasteiger partial charge in [-0.15, -0.1) is 10.2 Å². The van der Waals surface area contributed by atoms with Crippen molar-refractivity contribution in [3.63, 3.8) is 0 Å². The summed E-state index contributed by atoms with van der Waals surface area (Å²) in [6, 6.07) is 6.23. The van der Waals surface area contributed by atoms with Crippen LogP contribution in [0.5, 0.6) is 0 Å². The molecule has 2 aromatic rings. The predicted octanol–water partition coefficient (Wildman–Crippen LogP) is 2.19. The second-order valence-corrected chi connectivity index (χ2v) is 7.11. The number of anilines is 1. The van der Waals surface area contributed by atoms with E-state index in [1.807, 2.05) is 25.1 Å². The van der Waals surface area contributed by atoms with Crippen LogP contribution in [0.25, 0.3) is 0 Å². The summed E-state index contributed by atoms with van der Waals surface area (Å²) in [6.45, 7) is 4.12. The lowest BCUT2D eigenvalue weighted by atomic mass is 10.1. The topological polar surface area (TPSA) is 60.4 Å². The Kier molecular flexibility index (Phi) is 4.24. The van der Waals surface area contributed by atoms with E-state index in [2.05, 4.69) is 20.1 Å². The highest BCUT2D eigenvalue weighted by Crippen LogP contribution is 2.36. The highest BCUT2D eigenvalue weighted by atomic mass is 32.1. The fourth-order valence-corrected chi connectivity index (χ4v) is 4.18. The molecule has 0 spiro atoms. The Bertz CT molecular complexity index is 651. The van der Waals surface area contributed by atoms with Gasteiger partial charge in [-0.05, 0) is 31.9 Å². The Balaban J connectivity index is 1.43. The third-order valence-electron chi connectivity index (χ3n) is 4.47. The standard InChI is InChI=1S/C16H20N4O2S/c1-11-18-19-16(23-11)20-8-9-21-15-13(20)5-6-14(15)22-10-12-4-2-3-7-17-12/h2-4,7,13-15H,5-6,8-10H2,1H3/t13-,14+,15+/m0/s1. The van der Waals surface area contributed by atoms with Gasteiger partial charge in [-0.3, -0.25) is 4.98 Å². The lowest BCUT2D eigenvalue weighted by molar-refractivity contribution is -0.0776. The normalized spacial score (nSPS) is 27.2. The number of morpholine rings is 1. The maximum atomic E-state index is 6.10. The number of rotatable bonds is 4. The van der Waals surface area contributed by atoms with E-state index in [4.69, 9.17) is 9.47 Å². The number of fused-ring (bicyclic) bond motifs is 1. The van der Waals surface area contributed by atoms with Crippen molar-refractivity contribution in [1.29, 1.82) is 0 Å². The highest BCUT2D eigenvalue weighted by molar-refractivity contribution is 7.15. The monoisotopic (exact) mass is 332 g/mol. The van der Waals surface area contributed by atoms with Gasteiger partial charge >= 0.3 is 0 Å². The van der Waals surface area contributed by atoms with Crippen molar-refractivity contribution in [2.24, 2.45) is 0 Å². The quantitative estimate of drug-likeness (QED) is 0.855. The number of aryl methyl sites for hydroxylation is 1. The molecule has 3 heterocycles. The molecule has 6 nitrogen and oxygen atoms in total. The third kappa shape index (κ3) is 3.08. The van der Waals surface area contributed by atoms with Gasteiger partial charge in [0.05, 0.1) is 31.1 Å². The van der Waals surface area contributed by atoms with Crippen LogP contribution in [0, 0.1) is 6.92 Å². The predicted molar refractivity (Wildman–Crippen MR) is 87.6 cm³/mol. The van der Waals surface area contributed by atoms with E-state index < -0.39 is 0 Å². The zero-order valence-corrected chi connectivity index (χ0v) is 13.9. The van der Waals surface area contributed by atoms with Crippen LogP contribution in [0.4, 0.5) is 5.13 Å². The molecular formula is C16H20N4O2S. The molecule has 23 heavy (non-hydrogen) atoms. The summed E-state index contributed by atoms with van der Waals surface area (Å²) in [5, 5.41) is 10.5. The first kappa shape index (κ1) is 15.0. The van der Waals surface area contributed by atoms with Gasteiger partial charge in [-0.2, -0.15) is 0 Å². The van der Waals surface area contributed by atoms with Crippen LogP contribution in [0.3, 0.4) is 0 Å². The Morgan fingerprint density at radius 3 is 3.09 bits per heavy atom. The van der Waals surface area contributed by atoms with Crippen molar-refractivity contribution in [3.8, 4) is 0 Å². The molecule has 3 atom stereocenters. The smallest absolute Gasteiger partial charge is 0.208 e. The largest absolute Gasteiger partial charge is 0.372 e. The van der Waals surface area contributed by atoms with Crippen molar-refractivity contribution >= 4 is 16.5 Å². The fraction of sp³-hybridized carbons (Fsp3) is 0.562. The fourth-order valence-electron chi connectivity index (χ4n) is 3.41. The summed E-state index contributed by atoms with van der Waals surface area (Å²) >= 11 is 1.65. The average Bonchev–Trinajstić information content (AvgIpc) is 3.20. The van der Waals surface area contributed by atoms with Gasteiger partial charge in [0.15, 0.2) is 0 Å². The summed E-state index contributed by atoms with van der Waals surface area (Å²) in [5.74, 6) is 0. The number of hydrogen-bond acceptors (Lipinski definition) is 7. The molecule has 7 heteroatoms. The van der Waals surface area contributed by atoms with Gasteiger partial charge in [0, 0.05) is 12.7 Å². The number of hydrogen-bond donors (Lipinski definition) is 0. The van der Waals surface area contributed by atoms with Crippen LogP contribution >= 0.6 is 11.3 Å². The molecule has 0 bridgehead atoms. The number of pyridine rings is 1. The van der Waals surface area contributed by atoms with Crippen LogP contribution < -0.4 is 4.90 Å². The van der Waals surface area contributed by atoms with Crippen LogP contribution in [-0.4, -0.2) is 46.6 Å². The van der Waals surface area contributed by atoms with E-state index in [-0.39, 0.29) is 12.2 Å². The molecular weight excluding hydrogens is 312 g/mol. The molecule has 122 valence electrons. The van der Waals surface area contributed by atoms with Gasteiger partial charge in [0.2, 0.25) is 5.13 Å². The van der Waals surface area contributed by atoms with E-state index >= 15 is 0 Å². The minimum absolute atomic E-state index is 0.108. The average molecular weight is 332 g/mol. The highest BCUT2D eigenvalue weighted by Gasteiger charge is 2.44. The summed E-state index contributed by atoms with van der Waals surface area (Å²) in [4.78, 5) is 6.67. The minimum Gasteiger partial charge on any atom is -0.372 e. The zero-order valence-electron chi connectivity index (χ0n) is 13.1. The molecule has 0 amide bonds. The lowest BCUT2D eigenvalue weighted by Gasteiger charge is -2.38.